The van der Waals surface area contributed by atoms with Crippen molar-refractivity contribution in [3.63, 3.8) is 0 Å². The van der Waals surface area contributed by atoms with Gasteiger partial charge in [0.25, 0.3) is 0 Å². The summed E-state index contributed by atoms with van der Waals surface area (Å²) in [5.41, 5.74) is 1.86. The Balaban J connectivity index is 2.11. The van der Waals surface area contributed by atoms with Crippen LogP contribution in [0.1, 0.15) is 11.1 Å². The van der Waals surface area contributed by atoms with Crippen LogP contribution < -0.4 is 9.47 Å². The molecule has 0 N–H and O–H groups in total. The first-order valence-electron chi connectivity index (χ1n) is 6.95. The average molecular weight is 353 g/mol. The van der Waals surface area contributed by atoms with Crippen LogP contribution in [0.2, 0.25) is 10.0 Å². The monoisotopic (exact) mass is 352 g/mol. The lowest BCUT2D eigenvalue weighted by molar-refractivity contribution is 0.284. The molecule has 0 bridgehead atoms. The summed E-state index contributed by atoms with van der Waals surface area (Å²) in [7, 11) is 5.33. The van der Waals surface area contributed by atoms with Crippen molar-refractivity contribution < 1.29 is 9.47 Å². The summed E-state index contributed by atoms with van der Waals surface area (Å²) >= 11 is 11.9. The molecule has 23 heavy (non-hydrogen) atoms. The van der Waals surface area contributed by atoms with Gasteiger partial charge in [0, 0.05) is 14.1 Å². The van der Waals surface area contributed by atoms with Crippen molar-refractivity contribution in [3.8, 4) is 11.5 Å². The molecular weight excluding hydrogens is 335 g/mol. The van der Waals surface area contributed by atoms with E-state index in [1.54, 1.807) is 30.5 Å². The molecule has 0 heterocycles. The molecule has 4 nitrogen and oxygen atoms in total. The Hall–Kier alpha value is -1.91. The number of methoxy groups -OCH3 is 1. The highest BCUT2D eigenvalue weighted by molar-refractivity contribution is 6.42. The lowest BCUT2D eigenvalue weighted by Crippen LogP contribution is -2.02. The number of nitrogens with zero attached hydrogens (tertiary/aromatic N) is 2. The Morgan fingerprint density at radius 1 is 1.04 bits per heavy atom. The Morgan fingerprint density at radius 3 is 2.48 bits per heavy atom. The Morgan fingerprint density at radius 2 is 1.83 bits per heavy atom. The zero-order valence-corrected chi connectivity index (χ0v) is 14.7. The van der Waals surface area contributed by atoms with Gasteiger partial charge in [-0.3, -0.25) is 0 Å². The standard InChI is InChI=1S/C17H18Cl2N2O2/c1-21(2)20-10-12-5-7-16(17(9-12)22-3)23-11-13-4-6-14(18)15(19)8-13/h4-10H,11H2,1-3H3/b20-10+. The molecule has 0 aliphatic rings. The topological polar surface area (TPSA) is 34.1 Å². The predicted molar refractivity (Wildman–Crippen MR) is 95.1 cm³/mol. The quantitative estimate of drug-likeness (QED) is 0.567. The van der Waals surface area contributed by atoms with Gasteiger partial charge < -0.3 is 14.5 Å². The van der Waals surface area contributed by atoms with Crippen LogP contribution in [0.4, 0.5) is 0 Å². The van der Waals surface area contributed by atoms with E-state index in [-0.39, 0.29) is 0 Å². The van der Waals surface area contributed by atoms with Crippen LogP contribution in [-0.4, -0.2) is 32.4 Å². The van der Waals surface area contributed by atoms with Crippen molar-refractivity contribution in [2.45, 2.75) is 6.61 Å². The second kappa shape index (κ2) is 8.09. The minimum atomic E-state index is 0.373. The van der Waals surface area contributed by atoms with Crippen LogP contribution in [0.5, 0.6) is 11.5 Å². The highest BCUT2D eigenvalue weighted by atomic mass is 35.5. The maximum atomic E-state index is 6.00. The zero-order valence-electron chi connectivity index (χ0n) is 13.2. The molecule has 0 saturated carbocycles. The number of halogens is 2. The van der Waals surface area contributed by atoms with Crippen molar-refractivity contribution in [1.29, 1.82) is 0 Å². The SMILES string of the molecule is COc1cc(/C=N/N(C)C)ccc1OCc1ccc(Cl)c(Cl)c1. The van der Waals surface area contributed by atoms with Crippen LogP contribution in [-0.2, 0) is 6.61 Å². The first-order chi connectivity index (χ1) is 11.0. The number of hydrazone groups is 1. The highest BCUT2D eigenvalue weighted by Gasteiger charge is 2.07. The van der Waals surface area contributed by atoms with E-state index in [4.69, 9.17) is 32.7 Å². The molecule has 2 rings (SSSR count). The van der Waals surface area contributed by atoms with Crippen LogP contribution in [0.25, 0.3) is 0 Å². The van der Waals surface area contributed by atoms with Crippen molar-refractivity contribution in [2.75, 3.05) is 21.2 Å². The molecule has 0 aliphatic heterocycles. The molecule has 6 heteroatoms. The van der Waals surface area contributed by atoms with Crippen LogP contribution in [0.15, 0.2) is 41.5 Å². The van der Waals surface area contributed by atoms with Gasteiger partial charge in [0.15, 0.2) is 11.5 Å². The third-order valence-electron chi connectivity index (χ3n) is 3.00. The molecule has 0 amide bonds. The fourth-order valence-corrected chi connectivity index (χ4v) is 2.18. The summed E-state index contributed by atoms with van der Waals surface area (Å²) in [6.45, 7) is 0.373. The van der Waals surface area contributed by atoms with Gasteiger partial charge in [-0.15, -0.1) is 0 Å². The second-order valence-corrected chi connectivity index (χ2v) is 5.85. The summed E-state index contributed by atoms with van der Waals surface area (Å²) in [6.07, 6.45) is 1.76. The van der Waals surface area contributed by atoms with Gasteiger partial charge in [-0.2, -0.15) is 5.10 Å². The van der Waals surface area contributed by atoms with Crippen LogP contribution in [0, 0.1) is 0 Å². The summed E-state index contributed by atoms with van der Waals surface area (Å²) < 4.78 is 11.2. The van der Waals surface area contributed by atoms with Crippen molar-refractivity contribution in [1.82, 2.24) is 5.01 Å². The minimum absolute atomic E-state index is 0.373. The first-order valence-corrected chi connectivity index (χ1v) is 7.71. The predicted octanol–water partition coefficient (Wildman–Crippen LogP) is 4.48. The lowest BCUT2D eigenvalue weighted by atomic mass is 10.2. The molecule has 0 fully saturated rings. The van der Waals surface area contributed by atoms with Gasteiger partial charge in [-0.1, -0.05) is 29.3 Å². The van der Waals surface area contributed by atoms with E-state index in [2.05, 4.69) is 5.10 Å². The largest absolute Gasteiger partial charge is 0.493 e. The molecule has 0 atom stereocenters. The summed E-state index contributed by atoms with van der Waals surface area (Å²) in [5.74, 6) is 1.30. The molecule has 0 saturated heterocycles. The molecule has 122 valence electrons. The first kappa shape index (κ1) is 17.4. The van der Waals surface area contributed by atoms with Crippen molar-refractivity contribution in [3.05, 3.63) is 57.6 Å². The number of ether oxygens (including phenoxy) is 2. The normalized spacial score (nSPS) is 10.8. The molecule has 2 aromatic rings. The van der Waals surface area contributed by atoms with E-state index < -0.39 is 0 Å². The maximum Gasteiger partial charge on any atom is 0.161 e. The Labute approximate surface area is 146 Å². The highest BCUT2D eigenvalue weighted by Crippen LogP contribution is 2.29. The molecule has 0 aromatic heterocycles. The van der Waals surface area contributed by atoms with E-state index in [1.807, 2.05) is 38.4 Å². The molecule has 0 radical (unpaired) electrons. The van der Waals surface area contributed by atoms with Gasteiger partial charge in [0.1, 0.15) is 6.61 Å². The molecule has 0 spiro atoms. The summed E-state index contributed by atoms with van der Waals surface area (Å²) in [4.78, 5) is 0. The fraction of sp³-hybridized carbons (Fsp3) is 0.235. The minimum Gasteiger partial charge on any atom is -0.493 e. The maximum absolute atomic E-state index is 6.00. The van der Waals surface area contributed by atoms with Crippen molar-refractivity contribution in [2.24, 2.45) is 5.10 Å². The second-order valence-electron chi connectivity index (χ2n) is 5.04. The van der Waals surface area contributed by atoms with E-state index in [9.17, 15) is 0 Å². The van der Waals surface area contributed by atoms with E-state index >= 15 is 0 Å². The summed E-state index contributed by atoms with van der Waals surface area (Å²) in [5, 5.41) is 6.95. The molecule has 0 unspecified atom stereocenters. The average Bonchev–Trinajstić information content (AvgIpc) is 2.54. The Kier molecular flexibility index (Phi) is 6.13. The third kappa shape index (κ3) is 5.05. The third-order valence-corrected chi connectivity index (χ3v) is 3.74. The Bertz CT molecular complexity index is 703. The van der Waals surface area contributed by atoms with Crippen LogP contribution >= 0.6 is 23.2 Å². The van der Waals surface area contributed by atoms with Crippen molar-refractivity contribution >= 4 is 29.4 Å². The number of hydrogen-bond donors (Lipinski definition) is 0. The lowest BCUT2D eigenvalue weighted by Gasteiger charge is -2.12. The van der Waals surface area contributed by atoms with Gasteiger partial charge in [0.2, 0.25) is 0 Å². The molecular formula is C17H18Cl2N2O2. The van der Waals surface area contributed by atoms with Gasteiger partial charge in [-0.25, -0.2) is 0 Å². The number of benzene rings is 2. The number of rotatable bonds is 6. The van der Waals surface area contributed by atoms with E-state index in [1.165, 1.54) is 0 Å². The van der Waals surface area contributed by atoms with Gasteiger partial charge >= 0.3 is 0 Å². The van der Waals surface area contributed by atoms with Crippen LogP contribution in [0.3, 0.4) is 0 Å². The number of hydrogen-bond acceptors (Lipinski definition) is 4. The van der Waals surface area contributed by atoms with E-state index in [0.717, 1.165) is 11.1 Å². The van der Waals surface area contributed by atoms with E-state index in [0.29, 0.717) is 28.2 Å². The fourth-order valence-electron chi connectivity index (χ4n) is 1.86. The smallest absolute Gasteiger partial charge is 0.161 e. The zero-order chi connectivity index (χ0) is 16.8. The van der Waals surface area contributed by atoms with Gasteiger partial charge in [0.05, 0.1) is 23.4 Å². The molecule has 0 aliphatic carbocycles. The summed E-state index contributed by atoms with van der Waals surface area (Å²) in [6, 6.07) is 11.1. The van der Waals surface area contributed by atoms with Gasteiger partial charge in [-0.05, 0) is 41.5 Å². The molecule has 2 aromatic carbocycles.